The summed E-state index contributed by atoms with van der Waals surface area (Å²) in [5.74, 6) is 0.340. The summed E-state index contributed by atoms with van der Waals surface area (Å²) < 4.78 is 0. The van der Waals surface area contributed by atoms with E-state index in [-0.39, 0.29) is 6.04 Å². The monoisotopic (exact) mass is 234 g/mol. The summed E-state index contributed by atoms with van der Waals surface area (Å²) in [4.78, 5) is 2.15. The Bertz CT molecular complexity index is 376. The molecule has 0 aromatic heterocycles. The molecule has 0 saturated carbocycles. The molecule has 0 radical (unpaired) electrons. The molecule has 0 heterocycles. The van der Waals surface area contributed by atoms with E-state index in [2.05, 4.69) is 23.7 Å². The fraction of sp³-hybridized carbons (Fsp3) is 0.429. The van der Waals surface area contributed by atoms with Crippen LogP contribution < -0.4 is 10.2 Å². The van der Waals surface area contributed by atoms with Crippen molar-refractivity contribution in [2.75, 3.05) is 25.0 Å². The van der Waals surface area contributed by atoms with Crippen molar-refractivity contribution in [3.8, 4) is 5.75 Å². The molecule has 0 fully saturated rings. The third kappa shape index (κ3) is 3.24. The second-order valence-corrected chi connectivity index (χ2v) is 4.08. The Morgan fingerprint density at radius 3 is 2.71 bits per heavy atom. The van der Waals surface area contributed by atoms with Crippen LogP contribution in [0.2, 0.25) is 0 Å². The van der Waals surface area contributed by atoms with Crippen LogP contribution in [0.1, 0.15) is 25.5 Å². The van der Waals surface area contributed by atoms with Gasteiger partial charge in [-0.3, -0.25) is 0 Å². The fourth-order valence-corrected chi connectivity index (χ4v) is 1.82. The van der Waals surface area contributed by atoms with Gasteiger partial charge in [-0.15, -0.1) is 6.58 Å². The molecule has 0 bridgehead atoms. The summed E-state index contributed by atoms with van der Waals surface area (Å²) in [5.41, 5.74) is 1.95. The van der Waals surface area contributed by atoms with Gasteiger partial charge >= 0.3 is 0 Å². The molecule has 0 spiro atoms. The number of nitrogens with zero attached hydrogens (tertiary/aromatic N) is 1. The largest absolute Gasteiger partial charge is 0.508 e. The maximum Gasteiger partial charge on any atom is 0.122 e. The molecular formula is C14H22N2O. The number of nitrogens with one attached hydrogen (secondary N) is 1. The van der Waals surface area contributed by atoms with Gasteiger partial charge in [0.15, 0.2) is 0 Å². The van der Waals surface area contributed by atoms with Gasteiger partial charge in [-0.2, -0.15) is 0 Å². The second-order valence-electron chi connectivity index (χ2n) is 4.08. The van der Waals surface area contributed by atoms with Crippen molar-refractivity contribution in [3.63, 3.8) is 0 Å². The molecule has 1 aromatic carbocycles. The first-order chi connectivity index (χ1) is 8.13. The average molecular weight is 234 g/mol. The van der Waals surface area contributed by atoms with Crippen LogP contribution in [0, 0.1) is 0 Å². The van der Waals surface area contributed by atoms with E-state index >= 15 is 0 Å². The van der Waals surface area contributed by atoms with E-state index in [1.54, 1.807) is 0 Å². The lowest BCUT2D eigenvalue weighted by molar-refractivity contribution is 0.458. The van der Waals surface area contributed by atoms with Gasteiger partial charge in [-0.25, -0.2) is 0 Å². The molecule has 0 amide bonds. The molecule has 0 aliphatic carbocycles. The van der Waals surface area contributed by atoms with E-state index in [1.807, 2.05) is 38.2 Å². The Balaban J connectivity index is 2.98. The van der Waals surface area contributed by atoms with Crippen molar-refractivity contribution in [1.82, 2.24) is 5.32 Å². The molecule has 1 unspecified atom stereocenters. The predicted molar refractivity (Wildman–Crippen MR) is 73.7 cm³/mol. The molecule has 1 atom stereocenters. The van der Waals surface area contributed by atoms with Crippen molar-refractivity contribution >= 4 is 5.69 Å². The first kappa shape index (κ1) is 13.6. The third-order valence-corrected chi connectivity index (χ3v) is 3.01. The highest BCUT2D eigenvalue weighted by Gasteiger charge is 2.10. The number of phenols is 1. The number of aromatic hydroxyl groups is 1. The fourth-order valence-electron chi connectivity index (χ4n) is 1.82. The van der Waals surface area contributed by atoms with E-state index in [4.69, 9.17) is 0 Å². The lowest BCUT2D eigenvalue weighted by Crippen LogP contribution is -2.22. The molecular weight excluding hydrogens is 212 g/mol. The number of hydrogen-bond donors (Lipinski definition) is 2. The predicted octanol–water partition coefficient (Wildman–Crippen LogP) is 2.68. The van der Waals surface area contributed by atoms with Gasteiger partial charge in [0.05, 0.1) is 0 Å². The molecule has 0 saturated heterocycles. The van der Waals surface area contributed by atoms with Gasteiger partial charge in [-0.1, -0.05) is 12.1 Å². The summed E-state index contributed by atoms with van der Waals surface area (Å²) in [6.45, 7) is 9.54. The van der Waals surface area contributed by atoms with Crippen LogP contribution in [0.5, 0.6) is 5.75 Å². The average Bonchev–Trinajstić information content (AvgIpc) is 2.35. The minimum Gasteiger partial charge on any atom is -0.508 e. The third-order valence-electron chi connectivity index (χ3n) is 3.01. The minimum atomic E-state index is 0.151. The van der Waals surface area contributed by atoms with Gasteiger partial charge in [0.2, 0.25) is 0 Å². The topological polar surface area (TPSA) is 35.5 Å². The van der Waals surface area contributed by atoms with E-state index in [1.165, 1.54) is 0 Å². The molecule has 3 nitrogen and oxygen atoms in total. The lowest BCUT2D eigenvalue weighted by Gasteiger charge is -2.23. The van der Waals surface area contributed by atoms with Crippen LogP contribution in [-0.2, 0) is 0 Å². The quantitative estimate of drug-likeness (QED) is 0.743. The number of anilines is 1. The molecule has 3 heteroatoms. The first-order valence-electron chi connectivity index (χ1n) is 6.00. The summed E-state index contributed by atoms with van der Waals surface area (Å²) in [6.07, 6.45) is 1.87. The van der Waals surface area contributed by atoms with E-state index < -0.39 is 0 Å². The number of benzene rings is 1. The SMILES string of the molecule is C=CCN(CC)c1ccc(C(C)NC)c(O)c1. The minimum absolute atomic E-state index is 0.151. The molecule has 0 aliphatic heterocycles. The second kappa shape index (κ2) is 6.30. The van der Waals surface area contributed by atoms with E-state index in [0.29, 0.717) is 5.75 Å². The Morgan fingerprint density at radius 1 is 1.53 bits per heavy atom. The normalized spacial score (nSPS) is 12.2. The summed E-state index contributed by atoms with van der Waals surface area (Å²) in [5, 5.41) is 13.1. The molecule has 1 rings (SSSR count). The maximum atomic E-state index is 10.0. The van der Waals surface area contributed by atoms with Crippen LogP contribution in [0.3, 0.4) is 0 Å². The maximum absolute atomic E-state index is 10.0. The zero-order valence-corrected chi connectivity index (χ0v) is 10.9. The standard InChI is InChI=1S/C14H22N2O/c1-5-9-16(6-2)12-7-8-13(11(3)15-4)14(17)10-12/h5,7-8,10-11,15,17H,1,6,9H2,2-4H3. The highest BCUT2D eigenvalue weighted by Crippen LogP contribution is 2.28. The zero-order valence-electron chi connectivity index (χ0n) is 10.9. The Kier molecular flexibility index (Phi) is 5.04. The first-order valence-corrected chi connectivity index (χ1v) is 6.00. The summed E-state index contributed by atoms with van der Waals surface area (Å²) in [7, 11) is 1.88. The van der Waals surface area contributed by atoms with Crippen LogP contribution in [-0.4, -0.2) is 25.2 Å². The van der Waals surface area contributed by atoms with Crippen molar-refractivity contribution in [2.45, 2.75) is 19.9 Å². The number of hydrogen-bond acceptors (Lipinski definition) is 3. The van der Waals surface area contributed by atoms with Gasteiger partial charge in [-0.05, 0) is 27.0 Å². The number of phenolic OH excluding ortho intramolecular Hbond substituents is 1. The number of likely N-dealkylation sites (N-methyl/N-ethyl adjacent to an activating group) is 1. The Hall–Kier alpha value is -1.48. The molecule has 17 heavy (non-hydrogen) atoms. The van der Waals surface area contributed by atoms with E-state index in [0.717, 1.165) is 24.3 Å². The van der Waals surface area contributed by atoms with Gasteiger partial charge in [0.1, 0.15) is 5.75 Å². The highest BCUT2D eigenvalue weighted by atomic mass is 16.3. The van der Waals surface area contributed by atoms with Crippen LogP contribution in [0.25, 0.3) is 0 Å². The van der Waals surface area contributed by atoms with Crippen molar-refractivity contribution in [2.24, 2.45) is 0 Å². The van der Waals surface area contributed by atoms with Crippen LogP contribution in [0.15, 0.2) is 30.9 Å². The smallest absolute Gasteiger partial charge is 0.122 e. The zero-order chi connectivity index (χ0) is 12.8. The van der Waals surface area contributed by atoms with Crippen molar-refractivity contribution in [3.05, 3.63) is 36.4 Å². The van der Waals surface area contributed by atoms with E-state index in [9.17, 15) is 5.11 Å². The molecule has 2 N–H and O–H groups in total. The molecule has 94 valence electrons. The van der Waals surface area contributed by atoms with Gasteiger partial charge in [0.25, 0.3) is 0 Å². The van der Waals surface area contributed by atoms with Gasteiger partial charge in [0, 0.05) is 36.4 Å². The summed E-state index contributed by atoms with van der Waals surface area (Å²) in [6, 6.07) is 5.97. The Labute approximate surface area is 104 Å². The molecule has 1 aromatic rings. The van der Waals surface area contributed by atoms with Crippen LogP contribution >= 0.6 is 0 Å². The van der Waals surface area contributed by atoms with Crippen molar-refractivity contribution < 1.29 is 5.11 Å². The Morgan fingerprint density at radius 2 is 2.24 bits per heavy atom. The van der Waals surface area contributed by atoms with Crippen molar-refractivity contribution in [1.29, 1.82) is 0 Å². The van der Waals surface area contributed by atoms with Gasteiger partial charge < -0.3 is 15.3 Å². The van der Waals surface area contributed by atoms with Crippen LogP contribution in [0.4, 0.5) is 5.69 Å². The number of rotatable bonds is 6. The lowest BCUT2D eigenvalue weighted by atomic mass is 10.1. The molecule has 0 aliphatic rings. The highest BCUT2D eigenvalue weighted by molar-refractivity contribution is 5.54. The summed E-state index contributed by atoms with van der Waals surface area (Å²) >= 11 is 0.